The molecule has 1 saturated carbocycles. The second-order valence-corrected chi connectivity index (χ2v) is 21.2. The van der Waals surface area contributed by atoms with Gasteiger partial charge in [0.05, 0.1) is 6.61 Å². The Labute approximate surface area is 419 Å². The molecule has 69 heavy (non-hydrogen) atoms. The van der Waals surface area contributed by atoms with Gasteiger partial charge in [0.1, 0.15) is 43.2 Å². The first kappa shape index (κ1) is 65.3. The lowest BCUT2D eigenvalue weighted by Crippen LogP contribution is -2.64. The number of carbonyl (C=O) groups excluding carboxylic acids is 2. The van der Waals surface area contributed by atoms with Crippen LogP contribution in [0.4, 0.5) is 0 Å². The summed E-state index contributed by atoms with van der Waals surface area (Å²) in [4.78, 5) is 35.9. The Hall–Kier alpha value is -1.67. The van der Waals surface area contributed by atoms with E-state index in [4.69, 9.17) is 18.5 Å². The lowest BCUT2D eigenvalue weighted by molar-refractivity contribution is -0.220. The molecule has 1 rings (SSSR count). The first-order valence-corrected chi connectivity index (χ1v) is 29.6. The molecule has 0 spiro atoms. The highest BCUT2D eigenvalue weighted by Gasteiger charge is 2.51. The smallest absolute Gasteiger partial charge is 0.462 e. The number of phosphoric ester groups is 1. The van der Waals surface area contributed by atoms with Crippen molar-refractivity contribution >= 4 is 19.8 Å². The topological polar surface area (TPSA) is 210 Å². The standard InChI is InChI=1S/C55H103O13P/c1-3-5-7-9-11-13-15-17-19-21-22-23-24-25-26-28-30-32-34-36-38-40-42-44-49(57)67-47(46-66-69(63,64)68-55-53(61)51(59)50(58)52(60)54(55)62)45-65-48(56)43-41-39-37-35-33-31-29-27-20-18-16-14-12-10-8-6-4-2/h15,17,21-22,47,50-55,58-62H,3-14,16,18-20,23-46H2,1-2H3,(H,63,64)/b17-15-,22-21-. The molecule has 406 valence electrons. The zero-order valence-electron chi connectivity index (χ0n) is 43.6. The Bertz CT molecular complexity index is 1300. The summed E-state index contributed by atoms with van der Waals surface area (Å²) in [7, 11) is -5.12. The largest absolute Gasteiger partial charge is 0.472 e. The molecule has 0 aliphatic heterocycles. The zero-order valence-corrected chi connectivity index (χ0v) is 44.5. The van der Waals surface area contributed by atoms with Gasteiger partial charge in [-0.05, 0) is 44.9 Å². The number of phosphoric acid groups is 1. The van der Waals surface area contributed by atoms with Gasteiger partial charge >= 0.3 is 19.8 Å². The van der Waals surface area contributed by atoms with E-state index in [9.17, 15) is 44.6 Å². The molecule has 0 radical (unpaired) electrons. The van der Waals surface area contributed by atoms with Gasteiger partial charge in [0.15, 0.2) is 6.10 Å². The molecule has 6 atom stereocenters. The van der Waals surface area contributed by atoms with E-state index in [2.05, 4.69) is 38.2 Å². The van der Waals surface area contributed by atoms with Crippen LogP contribution in [0.15, 0.2) is 24.3 Å². The molecule has 0 aromatic rings. The van der Waals surface area contributed by atoms with E-state index >= 15 is 0 Å². The minimum atomic E-state index is -5.12. The average Bonchev–Trinajstić information content (AvgIpc) is 3.33. The summed E-state index contributed by atoms with van der Waals surface area (Å²) in [5.74, 6) is -1.09. The predicted octanol–water partition coefficient (Wildman–Crippen LogP) is 12.7. The van der Waals surface area contributed by atoms with Gasteiger partial charge in [-0.1, -0.05) is 224 Å². The molecule has 1 aliphatic rings. The van der Waals surface area contributed by atoms with Crippen LogP contribution in [0.25, 0.3) is 0 Å². The summed E-state index contributed by atoms with van der Waals surface area (Å²) >= 11 is 0. The number of allylic oxidation sites excluding steroid dienone is 4. The van der Waals surface area contributed by atoms with Crippen molar-refractivity contribution in [3.8, 4) is 0 Å². The van der Waals surface area contributed by atoms with Crippen molar-refractivity contribution in [2.24, 2.45) is 0 Å². The van der Waals surface area contributed by atoms with E-state index in [0.717, 1.165) is 57.8 Å². The number of unbranched alkanes of at least 4 members (excludes halogenated alkanes) is 32. The summed E-state index contributed by atoms with van der Waals surface area (Å²) < 4.78 is 33.7. The van der Waals surface area contributed by atoms with Crippen LogP contribution in [0.2, 0.25) is 0 Å². The number of ether oxygens (including phenoxy) is 2. The van der Waals surface area contributed by atoms with Crippen molar-refractivity contribution in [1.29, 1.82) is 0 Å². The van der Waals surface area contributed by atoms with E-state index < -0.39 is 75.7 Å². The fraction of sp³-hybridized carbons (Fsp3) is 0.891. The molecule has 0 aromatic heterocycles. The van der Waals surface area contributed by atoms with Crippen molar-refractivity contribution in [3.05, 3.63) is 24.3 Å². The van der Waals surface area contributed by atoms with Crippen molar-refractivity contribution in [2.45, 2.75) is 301 Å². The molecular formula is C55H103O13P. The summed E-state index contributed by atoms with van der Waals surface area (Å²) in [6, 6.07) is 0. The number of esters is 2. The average molecular weight is 1000 g/mol. The summed E-state index contributed by atoms with van der Waals surface area (Å²) in [6.07, 6.45) is 39.3. The van der Waals surface area contributed by atoms with Crippen molar-refractivity contribution in [2.75, 3.05) is 13.2 Å². The third-order valence-corrected chi connectivity index (χ3v) is 14.3. The van der Waals surface area contributed by atoms with Gasteiger partial charge in [-0.2, -0.15) is 0 Å². The minimum Gasteiger partial charge on any atom is -0.462 e. The van der Waals surface area contributed by atoms with Crippen LogP contribution >= 0.6 is 7.82 Å². The molecule has 0 saturated heterocycles. The molecule has 14 heteroatoms. The van der Waals surface area contributed by atoms with Gasteiger partial charge < -0.3 is 39.9 Å². The predicted molar refractivity (Wildman–Crippen MR) is 277 cm³/mol. The number of carbonyl (C=O) groups is 2. The van der Waals surface area contributed by atoms with Gasteiger partial charge in [0.25, 0.3) is 0 Å². The fourth-order valence-electron chi connectivity index (χ4n) is 8.79. The normalized spacial score (nSPS) is 21.0. The summed E-state index contributed by atoms with van der Waals surface area (Å²) in [6.45, 7) is 3.34. The molecule has 0 bridgehead atoms. The van der Waals surface area contributed by atoms with Crippen molar-refractivity contribution in [3.63, 3.8) is 0 Å². The Morgan fingerprint density at radius 1 is 0.449 bits per heavy atom. The number of rotatable bonds is 48. The minimum absolute atomic E-state index is 0.0978. The highest BCUT2D eigenvalue weighted by molar-refractivity contribution is 7.47. The van der Waals surface area contributed by atoms with E-state index in [-0.39, 0.29) is 12.8 Å². The second kappa shape index (κ2) is 45.0. The molecule has 1 aliphatic carbocycles. The van der Waals surface area contributed by atoms with Gasteiger partial charge in [0.2, 0.25) is 0 Å². The molecule has 1 fully saturated rings. The lowest BCUT2D eigenvalue weighted by atomic mass is 9.85. The lowest BCUT2D eigenvalue weighted by Gasteiger charge is -2.41. The van der Waals surface area contributed by atoms with Crippen LogP contribution in [-0.4, -0.2) is 98.3 Å². The highest BCUT2D eigenvalue weighted by atomic mass is 31.2. The van der Waals surface area contributed by atoms with Crippen LogP contribution in [0.5, 0.6) is 0 Å². The van der Waals surface area contributed by atoms with E-state index in [0.29, 0.717) is 12.8 Å². The van der Waals surface area contributed by atoms with Gasteiger partial charge in [0, 0.05) is 12.8 Å². The summed E-state index contributed by atoms with van der Waals surface area (Å²) in [5, 5.41) is 50.3. The number of aliphatic hydroxyl groups excluding tert-OH is 5. The molecule has 0 aromatic carbocycles. The maximum absolute atomic E-state index is 12.9. The van der Waals surface area contributed by atoms with Crippen LogP contribution in [0, 0.1) is 0 Å². The Kier molecular flexibility index (Phi) is 42.6. The van der Waals surface area contributed by atoms with E-state index in [1.807, 2.05) is 0 Å². The van der Waals surface area contributed by atoms with Crippen LogP contribution in [0.3, 0.4) is 0 Å². The van der Waals surface area contributed by atoms with Crippen LogP contribution in [0.1, 0.15) is 258 Å². The first-order valence-electron chi connectivity index (χ1n) is 28.1. The van der Waals surface area contributed by atoms with Crippen LogP contribution < -0.4 is 0 Å². The first-order chi connectivity index (χ1) is 33.4. The van der Waals surface area contributed by atoms with Crippen LogP contribution in [-0.2, 0) is 32.7 Å². The molecular weight excluding hydrogens is 900 g/mol. The molecule has 13 nitrogen and oxygen atoms in total. The number of hydrogen-bond acceptors (Lipinski definition) is 12. The third-order valence-electron chi connectivity index (χ3n) is 13.3. The Balaban J connectivity index is 2.34. The highest BCUT2D eigenvalue weighted by Crippen LogP contribution is 2.47. The summed E-state index contributed by atoms with van der Waals surface area (Å²) in [5.41, 5.74) is 0. The maximum atomic E-state index is 12.9. The van der Waals surface area contributed by atoms with Gasteiger partial charge in [-0.25, -0.2) is 4.57 Å². The zero-order chi connectivity index (χ0) is 50.6. The second-order valence-electron chi connectivity index (χ2n) is 19.8. The number of hydrogen-bond donors (Lipinski definition) is 6. The Morgan fingerprint density at radius 2 is 0.783 bits per heavy atom. The SMILES string of the molecule is CCCCCCC/C=C\C/C=C\CCCCCCCCCCCCCC(=O)OC(COC(=O)CCCCCCCCCCCCCCCCCCC)COP(=O)(O)OC1C(O)C(O)C(O)C(O)C1O. The van der Waals surface area contributed by atoms with E-state index in [1.165, 1.54) is 161 Å². The van der Waals surface area contributed by atoms with Crippen molar-refractivity contribution in [1.82, 2.24) is 0 Å². The maximum Gasteiger partial charge on any atom is 0.472 e. The monoisotopic (exact) mass is 1000 g/mol. The molecule has 6 N–H and O–H groups in total. The van der Waals surface area contributed by atoms with E-state index in [1.54, 1.807) is 0 Å². The van der Waals surface area contributed by atoms with Crippen molar-refractivity contribution < 1.29 is 63.1 Å². The Morgan fingerprint density at radius 3 is 1.17 bits per heavy atom. The van der Waals surface area contributed by atoms with Gasteiger partial charge in [-0.15, -0.1) is 0 Å². The fourth-order valence-corrected chi connectivity index (χ4v) is 9.76. The molecule has 6 unspecified atom stereocenters. The third kappa shape index (κ3) is 36.8. The molecule has 0 amide bonds. The van der Waals surface area contributed by atoms with Gasteiger partial charge in [-0.3, -0.25) is 18.6 Å². The number of aliphatic hydroxyl groups is 5. The molecule has 0 heterocycles. The quantitative estimate of drug-likeness (QED) is 0.0145.